The van der Waals surface area contributed by atoms with E-state index in [2.05, 4.69) is 31.2 Å². The van der Waals surface area contributed by atoms with Crippen LogP contribution in [-0.2, 0) is 13.0 Å². The molecule has 84 valence electrons. The Morgan fingerprint density at radius 2 is 2.06 bits per heavy atom. The van der Waals surface area contributed by atoms with E-state index in [-0.39, 0.29) is 0 Å². The fourth-order valence-corrected chi connectivity index (χ4v) is 1.81. The summed E-state index contributed by atoms with van der Waals surface area (Å²) < 4.78 is 5.63. The quantitative estimate of drug-likeness (QED) is 0.849. The number of hydrogen-bond acceptors (Lipinski definition) is 2. The van der Waals surface area contributed by atoms with Crippen LogP contribution in [0.25, 0.3) is 11.3 Å². The largest absolute Gasteiger partial charge is 0.460 e. The van der Waals surface area contributed by atoms with Gasteiger partial charge in [0.05, 0.1) is 6.54 Å². The van der Waals surface area contributed by atoms with Gasteiger partial charge in [0.2, 0.25) is 0 Å². The fourth-order valence-electron chi connectivity index (χ4n) is 1.81. The lowest BCUT2D eigenvalue weighted by Gasteiger charge is -2.01. The minimum atomic E-state index is 0.453. The van der Waals surface area contributed by atoms with Crippen molar-refractivity contribution in [2.24, 2.45) is 5.73 Å². The Hall–Kier alpha value is -1.54. The predicted octanol–water partition coefficient (Wildman–Crippen LogP) is 3.36. The zero-order chi connectivity index (χ0) is 11.4. The van der Waals surface area contributed by atoms with E-state index >= 15 is 0 Å². The van der Waals surface area contributed by atoms with E-state index in [1.54, 1.807) is 0 Å². The molecule has 2 heteroatoms. The third-order valence-corrected chi connectivity index (χ3v) is 2.61. The van der Waals surface area contributed by atoms with E-state index in [0.29, 0.717) is 6.54 Å². The summed E-state index contributed by atoms with van der Waals surface area (Å²) in [5, 5.41) is 0. The maximum absolute atomic E-state index is 5.63. The fraction of sp³-hybridized carbons (Fsp3) is 0.286. The summed E-state index contributed by atoms with van der Waals surface area (Å²) in [5.41, 5.74) is 8.01. The van der Waals surface area contributed by atoms with Crippen LogP contribution < -0.4 is 5.73 Å². The van der Waals surface area contributed by atoms with E-state index in [9.17, 15) is 0 Å². The SMILES string of the molecule is CCCc1cccc(-c2ccc(CN)o2)c1. The van der Waals surface area contributed by atoms with E-state index in [1.165, 1.54) is 5.56 Å². The lowest BCUT2D eigenvalue weighted by Crippen LogP contribution is -1.92. The van der Waals surface area contributed by atoms with Gasteiger partial charge < -0.3 is 10.2 Å². The van der Waals surface area contributed by atoms with E-state index in [1.807, 2.05) is 12.1 Å². The molecular formula is C14H17NO. The molecule has 0 spiro atoms. The first kappa shape index (κ1) is 11.0. The Labute approximate surface area is 96.1 Å². The summed E-state index contributed by atoms with van der Waals surface area (Å²) in [5.74, 6) is 1.73. The van der Waals surface area contributed by atoms with E-state index < -0.39 is 0 Å². The van der Waals surface area contributed by atoms with Crippen molar-refractivity contribution in [1.82, 2.24) is 0 Å². The highest BCUT2D eigenvalue weighted by Crippen LogP contribution is 2.23. The number of furan rings is 1. The van der Waals surface area contributed by atoms with Gasteiger partial charge in [0.1, 0.15) is 11.5 Å². The maximum Gasteiger partial charge on any atom is 0.134 e. The van der Waals surface area contributed by atoms with Crippen molar-refractivity contribution in [3.63, 3.8) is 0 Å². The third kappa shape index (κ3) is 2.34. The number of benzene rings is 1. The van der Waals surface area contributed by atoms with Crippen LogP contribution in [0, 0.1) is 0 Å². The van der Waals surface area contributed by atoms with Gasteiger partial charge in [-0.25, -0.2) is 0 Å². The molecule has 1 heterocycles. The molecule has 1 aromatic heterocycles. The van der Waals surface area contributed by atoms with Crippen molar-refractivity contribution in [2.45, 2.75) is 26.3 Å². The van der Waals surface area contributed by atoms with Crippen LogP contribution in [0.3, 0.4) is 0 Å². The topological polar surface area (TPSA) is 39.2 Å². The highest BCUT2D eigenvalue weighted by molar-refractivity contribution is 5.58. The standard InChI is InChI=1S/C14H17NO/c1-2-4-11-5-3-6-12(9-11)14-8-7-13(10-15)16-14/h3,5-9H,2,4,10,15H2,1H3. The molecule has 2 nitrogen and oxygen atoms in total. The average molecular weight is 215 g/mol. The summed E-state index contributed by atoms with van der Waals surface area (Å²) in [6, 6.07) is 12.4. The molecule has 16 heavy (non-hydrogen) atoms. The number of rotatable bonds is 4. The van der Waals surface area contributed by atoms with Gasteiger partial charge in [-0.15, -0.1) is 0 Å². The smallest absolute Gasteiger partial charge is 0.134 e. The molecule has 0 amide bonds. The van der Waals surface area contributed by atoms with Gasteiger partial charge >= 0.3 is 0 Å². The molecule has 0 unspecified atom stereocenters. The summed E-state index contributed by atoms with van der Waals surface area (Å²) >= 11 is 0. The molecule has 2 rings (SSSR count). The Morgan fingerprint density at radius 3 is 2.75 bits per heavy atom. The molecule has 0 saturated carbocycles. The van der Waals surface area contributed by atoms with Crippen molar-refractivity contribution in [1.29, 1.82) is 0 Å². The molecule has 0 aliphatic rings. The maximum atomic E-state index is 5.63. The zero-order valence-electron chi connectivity index (χ0n) is 9.57. The average Bonchev–Trinajstić information content (AvgIpc) is 2.78. The van der Waals surface area contributed by atoms with Crippen molar-refractivity contribution in [3.8, 4) is 11.3 Å². The first-order valence-corrected chi connectivity index (χ1v) is 5.71. The van der Waals surface area contributed by atoms with Crippen molar-refractivity contribution < 1.29 is 4.42 Å². The molecule has 0 fully saturated rings. The van der Waals surface area contributed by atoms with Gasteiger partial charge in [-0.3, -0.25) is 0 Å². The second kappa shape index (κ2) is 4.99. The van der Waals surface area contributed by atoms with Gasteiger partial charge in [0, 0.05) is 5.56 Å². The second-order valence-corrected chi connectivity index (χ2v) is 3.92. The van der Waals surface area contributed by atoms with Crippen molar-refractivity contribution in [2.75, 3.05) is 0 Å². The van der Waals surface area contributed by atoms with Crippen LogP contribution in [0.15, 0.2) is 40.8 Å². The Kier molecular flexibility index (Phi) is 3.42. The van der Waals surface area contributed by atoms with E-state index in [0.717, 1.165) is 29.9 Å². The number of nitrogens with two attached hydrogens (primary N) is 1. The molecule has 0 bridgehead atoms. The monoisotopic (exact) mass is 215 g/mol. The normalized spacial score (nSPS) is 10.6. The number of aryl methyl sites for hydroxylation is 1. The van der Waals surface area contributed by atoms with Crippen molar-refractivity contribution in [3.05, 3.63) is 47.7 Å². The van der Waals surface area contributed by atoms with Gasteiger partial charge in [-0.2, -0.15) is 0 Å². The third-order valence-electron chi connectivity index (χ3n) is 2.61. The van der Waals surface area contributed by atoms with Crippen LogP contribution in [0.2, 0.25) is 0 Å². The molecular weight excluding hydrogens is 198 g/mol. The molecule has 2 aromatic rings. The minimum Gasteiger partial charge on any atom is -0.460 e. The predicted molar refractivity (Wildman–Crippen MR) is 66.0 cm³/mol. The van der Waals surface area contributed by atoms with Crippen molar-refractivity contribution >= 4 is 0 Å². The summed E-state index contributed by atoms with van der Waals surface area (Å²) in [6.07, 6.45) is 2.27. The van der Waals surface area contributed by atoms with Crippen LogP contribution in [0.5, 0.6) is 0 Å². The highest BCUT2D eigenvalue weighted by atomic mass is 16.3. The van der Waals surface area contributed by atoms with Gasteiger partial charge in [0.15, 0.2) is 0 Å². The molecule has 0 aliphatic carbocycles. The van der Waals surface area contributed by atoms with Gasteiger partial charge in [-0.1, -0.05) is 31.5 Å². The minimum absolute atomic E-state index is 0.453. The molecule has 1 aromatic carbocycles. The number of hydrogen-bond donors (Lipinski definition) is 1. The lowest BCUT2D eigenvalue weighted by atomic mass is 10.1. The second-order valence-electron chi connectivity index (χ2n) is 3.92. The first-order chi connectivity index (χ1) is 7.83. The van der Waals surface area contributed by atoms with Crippen LogP contribution in [0.1, 0.15) is 24.7 Å². The zero-order valence-corrected chi connectivity index (χ0v) is 9.57. The molecule has 2 N–H and O–H groups in total. The van der Waals surface area contributed by atoms with Crippen LogP contribution in [0.4, 0.5) is 0 Å². The molecule has 0 aliphatic heterocycles. The molecule has 0 saturated heterocycles. The Morgan fingerprint density at radius 1 is 1.19 bits per heavy atom. The lowest BCUT2D eigenvalue weighted by molar-refractivity contribution is 0.525. The summed E-state index contributed by atoms with van der Waals surface area (Å²) in [4.78, 5) is 0. The van der Waals surface area contributed by atoms with Crippen LogP contribution >= 0.6 is 0 Å². The summed E-state index contributed by atoms with van der Waals surface area (Å²) in [7, 11) is 0. The first-order valence-electron chi connectivity index (χ1n) is 5.71. The molecule has 0 radical (unpaired) electrons. The molecule has 0 atom stereocenters. The Bertz CT molecular complexity index is 459. The summed E-state index contributed by atoms with van der Waals surface area (Å²) in [6.45, 7) is 2.64. The Balaban J connectivity index is 2.28. The van der Waals surface area contributed by atoms with Crippen LogP contribution in [-0.4, -0.2) is 0 Å². The highest BCUT2D eigenvalue weighted by Gasteiger charge is 2.04. The van der Waals surface area contributed by atoms with Gasteiger partial charge in [-0.05, 0) is 30.2 Å². The van der Waals surface area contributed by atoms with Gasteiger partial charge in [0.25, 0.3) is 0 Å². The van der Waals surface area contributed by atoms with E-state index in [4.69, 9.17) is 10.2 Å².